The van der Waals surface area contributed by atoms with Crippen molar-refractivity contribution in [1.82, 2.24) is 14.6 Å². The molecule has 29 heavy (non-hydrogen) atoms. The monoisotopic (exact) mass is 437 g/mol. The van der Waals surface area contributed by atoms with Crippen molar-refractivity contribution in [2.24, 2.45) is 0 Å². The number of carbonyl (C=O) groups excluding carboxylic acids is 1. The van der Waals surface area contributed by atoms with Gasteiger partial charge in [-0.3, -0.25) is 9.78 Å². The van der Waals surface area contributed by atoms with Gasteiger partial charge in [0.05, 0.1) is 6.54 Å². The molecule has 3 rings (SSSR count). The van der Waals surface area contributed by atoms with Gasteiger partial charge in [0.2, 0.25) is 15.9 Å². The summed E-state index contributed by atoms with van der Waals surface area (Å²) in [5.41, 5.74) is 0.820. The first-order valence-corrected chi connectivity index (χ1v) is 11.1. The standard InChI is InChI=1S/C20H24ClN3O4S/c1-24(29(26,27)18-3-2-10-22-13-18)14-19(25)23-15-20(8-11-28-12-9-20)16-4-6-17(21)7-5-16/h2-7,10,13H,8-9,11-12,14-15H2,1H3,(H,23,25). The molecule has 0 spiro atoms. The zero-order chi connectivity index (χ0) is 20.9. The number of nitrogens with zero attached hydrogens (tertiary/aromatic N) is 2. The van der Waals surface area contributed by atoms with Gasteiger partial charge in [-0.2, -0.15) is 4.31 Å². The summed E-state index contributed by atoms with van der Waals surface area (Å²) in [6.07, 6.45) is 4.29. The van der Waals surface area contributed by atoms with E-state index >= 15 is 0 Å². The van der Waals surface area contributed by atoms with Crippen molar-refractivity contribution < 1.29 is 17.9 Å². The van der Waals surface area contributed by atoms with Gasteiger partial charge in [0.1, 0.15) is 4.90 Å². The molecule has 0 atom stereocenters. The second-order valence-corrected chi connectivity index (χ2v) is 9.61. The van der Waals surface area contributed by atoms with E-state index in [0.29, 0.717) is 24.8 Å². The Morgan fingerprint density at radius 1 is 1.24 bits per heavy atom. The van der Waals surface area contributed by atoms with Crippen LogP contribution in [0.4, 0.5) is 0 Å². The number of hydrogen-bond donors (Lipinski definition) is 1. The SMILES string of the molecule is CN(CC(=O)NCC1(c2ccc(Cl)cc2)CCOCC1)S(=O)(=O)c1cccnc1. The number of hydrogen-bond acceptors (Lipinski definition) is 5. The Morgan fingerprint density at radius 2 is 1.93 bits per heavy atom. The third-order valence-electron chi connectivity index (χ3n) is 5.24. The van der Waals surface area contributed by atoms with Gasteiger partial charge >= 0.3 is 0 Å². The largest absolute Gasteiger partial charge is 0.381 e. The molecular weight excluding hydrogens is 414 g/mol. The van der Waals surface area contributed by atoms with Crippen molar-refractivity contribution in [3.8, 4) is 0 Å². The zero-order valence-electron chi connectivity index (χ0n) is 16.2. The smallest absolute Gasteiger partial charge is 0.244 e. The van der Waals surface area contributed by atoms with Crippen LogP contribution in [0.1, 0.15) is 18.4 Å². The normalized spacial score (nSPS) is 16.5. The highest BCUT2D eigenvalue weighted by Crippen LogP contribution is 2.34. The lowest BCUT2D eigenvalue weighted by Crippen LogP contribution is -2.47. The van der Waals surface area contributed by atoms with E-state index in [1.807, 2.05) is 24.3 Å². The van der Waals surface area contributed by atoms with Gasteiger partial charge in [0, 0.05) is 49.6 Å². The number of rotatable bonds is 7. The Balaban J connectivity index is 1.67. The van der Waals surface area contributed by atoms with Crippen molar-refractivity contribution in [3.63, 3.8) is 0 Å². The number of likely N-dealkylation sites (N-methyl/N-ethyl adjacent to an activating group) is 1. The Morgan fingerprint density at radius 3 is 2.55 bits per heavy atom. The van der Waals surface area contributed by atoms with Gasteiger partial charge in [-0.1, -0.05) is 23.7 Å². The summed E-state index contributed by atoms with van der Waals surface area (Å²) in [5, 5.41) is 3.57. The Bertz CT molecular complexity index is 930. The van der Waals surface area contributed by atoms with Crippen molar-refractivity contribution >= 4 is 27.5 Å². The van der Waals surface area contributed by atoms with Gasteiger partial charge in [-0.25, -0.2) is 8.42 Å². The Hall–Kier alpha value is -2.00. The van der Waals surface area contributed by atoms with Crippen LogP contribution < -0.4 is 5.32 Å². The highest BCUT2D eigenvalue weighted by molar-refractivity contribution is 7.89. The summed E-state index contributed by atoms with van der Waals surface area (Å²) in [6.45, 7) is 1.34. The van der Waals surface area contributed by atoms with Crippen LogP contribution in [0.5, 0.6) is 0 Å². The maximum Gasteiger partial charge on any atom is 0.244 e. The van der Waals surface area contributed by atoms with E-state index in [9.17, 15) is 13.2 Å². The van der Waals surface area contributed by atoms with Gasteiger partial charge in [-0.05, 0) is 42.7 Å². The molecular formula is C20H24ClN3O4S. The fourth-order valence-corrected chi connectivity index (χ4v) is 4.64. The highest BCUT2D eigenvalue weighted by atomic mass is 35.5. The van der Waals surface area contributed by atoms with E-state index in [0.717, 1.165) is 22.7 Å². The Kier molecular flexibility index (Phi) is 6.89. The van der Waals surface area contributed by atoms with Crippen molar-refractivity contribution in [2.45, 2.75) is 23.2 Å². The van der Waals surface area contributed by atoms with E-state index in [4.69, 9.17) is 16.3 Å². The molecule has 1 aliphatic heterocycles. The molecule has 156 valence electrons. The quantitative estimate of drug-likeness (QED) is 0.717. The lowest BCUT2D eigenvalue weighted by atomic mass is 9.74. The van der Waals surface area contributed by atoms with Crippen LogP contribution in [0, 0.1) is 0 Å². The molecule has 0 saturated carbocycles. The van der Waals surface area contributed by atoms with E-state index in [1.165, 1.54) is 25.5 Å². The first-order valence-electron chi connectivity index (χ1n) is 9.30. The van der Waals surface area contributed by atoms with Crippen LogP contribution in [-0.2, 0) is 25.0 Å². The summed E-state index contributed by atoms with van der Waals surface area (Å²) in [5.74, 6) is -0.361. The van der Waals surface area contributed by atoms with Gasteiger partial charge in [-0.15, -0.1) is 0 Å². The molecule has 0 unspecified atom stereocenters. The molecule has 1 fully saturated rings. The van der Waals surface area contributed by atoms with Crippen molar-refractivity contribution in [2.75, 3.05) is 33.4 Å². The van der Waals surface area contributed by atoms with Crippen LogP contribution in [0.15, 0.2) is 53.7 Å². The molecule has 1 amide bonds. The molecule has 0 radical (unpaired) electrons. The zero-order valence-corrected chi connectivity index (χ0v) is 17.7. The summed E-state index contributed by atoms with van der Waals surface area (Å²) >= 11 is 6.01. The summed E-state index contributed by atoms with van der Waals surface area (Å²) < 4.78 is 31.7. The van der Waals surface area contributed by atoms with Crippen molar-refractivity contribution in [3.05, 3.63) is 59.4 Å². The first kappa shape index (κ1) is 21.7. The third-order valence-corrected chi connectivity index (χ3v) is 7.28. The summed E-state index contributed by atoms with van der Waals surface area (Å²) in [6, 6.07) is 10.6. The number of benzene rings is 1. The van der Waals surface area contributed by atoms with Crippen LogP contribution in [-0.4, -0.2) is 57.0 Å². The van der Waals surface area contributed by atoms with E-state index in [1.54, 1.807) is 6.07 Å². The minimum atomic E-state index is -3.77. The number of aromatic nitrogens is 1. The number of pyridine rings is 1. The molecule has 0 bridgehead atoms. The van der Waals surface area contributed by atoms with Crippen LogP contribution in [0.25, 0.3) is 0 Å². The molecule has 7 nitrogen and oxygen atoms in total. The average molecular weight is 438 g/mol. The third kappa shape index (κ3) is 5.14. The molecule has 9 heteroatoms. The fraction of sp³-hybridized carbons (Fsp3) is 0.400. The summed E-state index contributed by atoms with van der Waals surface area (Å²) in [7, 11) is -2.39. The highest BCUT2D eigenvalue weighted by Gasteiger charge is 2.35. The Labute approximate surface area is 176 Å². The van der Waals surface area contributed by atoms with Gasteiger partial charge < -0.3 is 10.1 Å². The number of sulfonamides is 1. The van der Waals surface area contributed by atoms with Crippen LogP contribution >= 0.6 is 11.6 Å². The van der Waals surface area contributed by atoms with E-state index in [-0.39, 0.29) is 22.8 Å². The van der Waals surface area contributed by atoms with Crippen LogP contribution in [0.3, 0.4) is 0 Å². The second kappa shape index (κ2) is 9.21. The number of ether oxygens (including phenoxy) is 1. The first-order chi connectivity index (χ1) is 13.8. The maximum atomic E-state index is 12.6. The summed E-state index contributed by atoms with van der Waals surface area (Å²) in [4.78, 5) is 16.4. The lowest BCUT2D eigenvalue weighted by Gasteiger charge is -2.38. The fourth-order valence-electron chi connectivity index (χ4n) is 3.42. The van der Waals surface area contributed by atoms with Gasteiger partial charge in [0.25, 0.3) is 0 Å². The van der Waals surface area contributed by atoms with Gasteiger partial charge in [0.15, 0.2) is 0 Å². The second-order valence-electron chi connectivity index (χ2n) is 7.13. The molecule has 1 aliphatic rings. The number of halogens is 1. The molecule has 1 N–H and O–H groups in total. The molecule has 1 aromatic heterocycles. The predicted octanol–water partition coefficient (Wildman–Crippen LogP) is 2.22. The van der Waals surface area contributed by atoms with E-state index < -0.39 is 10.0 Å². The molecule has 2 heterocycles. The topological polar surface area (TPSA) is 88.6 Å². The number of amides is 1. The van der Waals surface area contributed by atoms with E-state index in [2.05, 4.69) is 10.3 Å². The molecule has 1 aromatic carbocycles. The van der Waals surface area contributed by atoms with Crippen LogP contribution in [0.2, 0.25) is 5.02 Å². The minimum Gasteiger partial charge on any atom is -0.381 e. The number of carbonyl (C=O) groups is 1. The number of nitrogens with one attached hydrogen (secondary N) is 1. The lowest BCUT2D eigenvalue weighted by molar-refractivity contribution is -0.121. The molecule has 2 aromatic rings. The average Bonchev–Trinajstić information content (AvgIpc) is 2.74. The molecule has 1 saturated heterocycles. The minimum absolute atomic E-state index is 0.0531. The molecule has 0 aliphatic carbocycles. The maximum absolute atomic E-state index is 12.6. The predicted molar refractivity (Wildman–Crippen MR) is 110 cm³/mol. The van der Waals surface area contributed by atoms with Crippen molar-refractivity contribution in [1.29, 1.82) is 0 Å².